The number of ether oxygens (including phenoxy) is 1. The molecule has 5 nitrogen and oxygen atoms in total. The van der Waals surface area contributed by atoms with Crippen LogP contribution in [0, 0.1) is 18.5 Å². The third-order valence-corrected chi connectivity index (χ3v) is 13.2. The summed E-state index contributed by atoms with van der Waals surface area (Å²) in [7, 11) is 0. The summed E-state index contributed by atoms with van der Waals surface area (Å²) in [6, 6.07) is 51.0. The van der Waals surface area contributed by atoms with E-state index in [1.807, 2.05) is 24.4 Å². The van der Waals surface area contributed by atoms with Crippen LogP contribution in [0.2, 0.25) is 0 Å². The summed E-state index contributed by atoms with van der Waals surface area (Å²) < 4.78 is 13.4. The van der Waals surface area contributed by atoms with E-state index in [4.69, 9.17) is 9.72 Å². The molecule has 0 saturated heterocycles. The van der Waals surface area contributed by atoms with Crippen LogP contribution in [0.25, 0.3) is 61.2 Å². The van der Waals surface area contributed by atoms with Gasteiger partial charge in [-0.1, -0.05) is 176 Å². The van der Waals surface area contributed by atoms with Crippen molar-refractivity contribution in [2.45, 2.75) is 131 Å². The molecule has 9 aromatic rings. The zero-order chi connectivity index (χ0) is 48.0. The maximum atomic E-state index is 6.74. The number of hydrogen-bond donors (Lipinski definition) is 0. The number of hydrogen-bond acceptors (Lipinski definition) is 2. The first-order valence-corrected chi connectivity index (χ1v) is 23.8. The Labute approximate surface area is 419 Å². The van der Waals surface area contributed by atoms with E-state index < -0.39 is 0 Å². The summed E-state index contributed by atoms with van der Waals surface area (Å²) >= 11 is 0. The minimum atomic E-state index is -0.157. The van der Waals surface area contributed by atoms with Gasteiger partial charge in [0.1, 0.15) is 5.82 Å². The molecule has 0 amide bonds. The Bertz CT molecular complexity index is 3300. The molecule has 0 fully saturated rings. The van der Waals surface area contributed by atoms with E-state index in [1.165, 1.54) is 39.1 Å². The normalized spacial score (nSPS) is 12.8. The first kappa shape index (κ1) is 48.7. The minimum Gasteiger partial charge on any atom is -0.510 e. The van der Waals surface area contributed by atoms with Crippen molar-refractivity contribution in [3.05, 3.63) is 174 Å². The number of rotatable bonds is 6. The van der Waals surface area contributed by atoms with Gasteiger partial charge in [0.2, 0.25) is 0 Å². The van der Waals surface area contributed by atoms with E-state index in [0.717, 1.165) is 49.9 Å². The summed E-state index contributed by atoms with van der Waals surface area (Å²) in [5.41, 5.74) is 14.5. The average Bonchev–Trinajstić information content (AvgIpc) is 3.80. The predicted octanol–water partition coefficient (Wildman–Crippen LogP) is 15.7. The zero-order valence-corrected chi connectivity index (χ0v) is 44.9. The molecule has 0 bridgehead atoms. The third kappa shape index (κ3) is 9.24. The van der Waals surface area contributed by atoms with Gasteiger partial charge in [0, 0.05) is 44.3 Å². The summed E-state index contributed by atoms with van der Waals surface area (Å²) in [5, 5.41) is 2.23. The predicted molar refractivity (Wildman–Crippen MR) is 279 cm³/mol. The Morgan fingerprint density at radius 1 is 0.500 bits per heavy atom. The van der Waals surface area contributed by atoms with Gasteiger partial charge < -0.3 is 13.9 Å². The Hall–Kier alpha value is -5.77. The SMILES string of the molecule is CC(C)(C)c1ccc(-c2ccc3c(c2)n(-c2[c-]c(Oc4[c-]c5c(cc4)c4ccccc4n5-c4cc(C(C)(C)C)ccn4)ccc2)[c-][n+]3-c2c(C(C)(C)C)cc(C(C)(C)C)cc2C(C)(C)C)cc1.[Pt]. The number of imidazole rings is 1. The molecule has 0 aliphatic rings. The molecular weight excluding hydrogens is 1010 g/mol. The number of pyridine rings is 1. The van der Waals surface area contributed by atoms with Gasteiger partial charge in [-0.3, -0.25) is 4.57 Å². The fourth-order valence-electron chi connectivity index (χ4n) is 9.17. The smallest absolute Gasteiger partial charge is 0.268 e. The van der Waals surface area contributed by atoms with Crippen LogP contribution in [0.3, 0.4) is 0 Å². The molecule has 68 heavy (non-hydrogen) atoms. The molecule has 6 heteroatoms. The number of benzene rings is 6. The first-order valence-electron chi connectivity index (χ1n) is 23.8. The van der Waals surface area contributed by atoms with Crippen LogP contribution in [0.5, 0.6) is 11.5 Å². The fourth-order valence-corrected chi connectivity index (χ4v) is 9.17. The summed E-state index contributed by atoms with van der Waals surface area (Å²) in [4.78, 5) is 4.88. The molecule has 3 heterocycles. The molecule has 0 aliphatic carbocycles. The van der Waals surface area contributed by atoms with Crippen molar-refractivity contribution in [2.24, 2.45) is 0 Å². The zero-order valence-electron chi connectivity index (χ0n) is 42.6. The van der Waals surface area contributed by atoms with Crippen LogP contribution in [-0.2, 0) is 48.1 Å². The van der Waals surface area contributed by atoms with Crippen LogP contribution in [0.15, 0.2) is 128 Å². The largest absolute Gasteiger partial charge is 0.510 e. The Balaban J connectivity index is 0.00000625. The number of fused-ring (bicyclic) bond motifs is 4. The molecule has 352 valence electrons. The first-order chi connectivity index (χ1) is 31.4. The standard InChI is InChI=1S/C62H66N4O.Pt/c1-58(2,3)42-26-23-40(24-27-42)41-25-30-53-55(33-41)64(39-65(53)57-50(61(10,11)12)34-44(60(7,8)9)35-51(57)62(13,14)15)45-19-18-20-46(37-45)67-47-28-29-49-48-21-16-17-22-52(48)66(54(49)38-47)56-36-43(31-32-63-56)59(4,5)6;/h16-36H,1-15H3;/q-2;. The summed E-state index contributed by atoms with van der Waals surface area (Å²) in [5.74, 6) is 2.03. The van der Waals surface area contributed by atoms with Crippen molar-refractivity contribution >= 4 is 32.8 Å². The maximum absolute atomic E-state index is 6.74. The van der Waals surface area contributed by atoms with E-state index >= 15 is 0 Å². The minimum absolute atomic E-state index is 0. The molecule has 0 radical (unpaired) electrons. The number of para-hydroxylation sites is 1. The van der Waals surface area contributed by atoms with Crippen molar-refractivity contribution in [3.8, 4) is 39.8 Å². The molecule has 0 saturated carbocycles. The molecule has 0 atom stereocenters. The van der Waals surface area contributed by atoms with Gasteiger partial charge in [-0.25, -0.2) is 4.98 Å². The van der Waals surface area contributed by atoms with Crippen molar-refractivity contribution in [2.75, 3.05) is 0 Å². The van der Waals surface area contributed by atoms with Crippen LogP contribution in [-0.4, -0.2) is 14.1 Å². The monoisotopic (exact) mass is 1080 g/mol. The summed E-state index contributed by atoms with van der Waals surface area (Å²) in [6.45, 7) is 34.4. The van der Waals surface area contributed by atoms with Crippen molar-refractivity contribution in [1.82, 2.24) is 14.1 Å². The topological polar surface area (TPSA) is 35.9 Å². The molecule has 9 rings (SSSR count). The van der Waals surface area contributed by atoms with Gasteiger partial charge in [-0.2, -0.15) is 18.2 Å². The molecule has 0 aliphatic heterocycles. The van der Waals surface area contributed by atoms with E-state index in [9.17, 15) is 0 Å². The molecule has 6 aromatic carbocycles. The second kappa shape index (κ2) is 17.3. The average molecular weight is 1080 g/mol. The van der Waals surface area contributed by atoms with Gasteiger partial charge in [0.05, 0.1) is 16.7 Å². The van der Waals surface area contributed by atoms with E-state index in [0.29, 0.717) is 11.5 Å². The third-order valence-electron chi connectivity index (χ3n) is 13.2. The molecule has 0 spiro atoms. The molecule has 0 unspecified atom stereocenters. The second-order valence-electron chi connectivity index (χ2n) is 23.6. The number of nitrogens with zero attached hydrogens (tertiary/aromatic N) is 4. The van der Waals surface area contributed by atoms with Crippen molar-refractivity contribution in [3.63, 3.8) is 0 Å². The second-order valence-corrected chi connectivity index (χ2v) is 23.6. The Kier molecular flexibility index (Phi) is 12.4. The van der Waals surface area contributed by atoms with Gasteiger partial charge >= 0.3 is 0 Å². The van der Waals surface area contributed by atoms with Gasteiger partial charge in [-0.15, -0.1) is 29.7 Å². The molecule has 3 aromatic heterocycles. The van der Waals surface area contributed by atoms with Gasteiger partial charge in [0.25, 0.3) is 6.33 Å². The van der Waals surface area contributed by atoms with Gasteiger partial charge in [-0.05, 0) is 101 Å². The Morgan fingerprint density at radius 3 is 1.75 bits per heavy atom. The number of aromatic nitrogens is 4. The van der Waals surface area contributed by atoms with Crippen molar-refractivity contribution < 1.29 is 30.4 Å². The fraction of sp³-hybridized carbons (Fsp3) is 0.323. The van der Waals surface area contributed by atoms with E-state index in [2.05, 4.69) is 239 Å². The molecule has 0 N–H and O–H groups in total. The van der Waals surface area contributed by atoms with E-state index in [1.54, 1.807) is 0 Å². The maximum Gasteiger partial charge on any atom is 0.268 e. The van der Waals surface area contributed by atoms with Crippen LogP contribution in [0.1, 0.15) is 132 Å². The van der Waals surface area contributed by atoms with Crippen LogP contribution < -0.4 is 9.30 Å². The summed E-state index contributed by atoms with van der Waals surface area (Å²) in [6.07, 6.45) is 5.82. The van der Waals surface area contributed by atoms with Crippen molar-refractivity contribution in [1.29, 1.82) is 0 Å². The molecular formula is C62H66N4OPt-2. The van der Waals surface area contributed by atoms with Crippen LogP contribution >= 0.6 is 0 Å². The Morgan fingerprint density at radius 2 is 1.12 bits per heavy atom. The van der Waals surface area contributed by atoms with Crippen LogP contribution in [0.4, 0.5) is 0 Å². The van der Waals surface area contributed by atoms with Gasteiger partial charge in [0.15, 0.2) is 0 Å². The van der Waals surface area contributed by atoms with E-state index in [-0.39, 0.29) is 48.1 Å². The quantitative estimate of drug-likeness (QED) is 0.123.